The van der Waals surface area contributed by atoms with Crippen LogP contribution in [0.15, 0.2) is 43.0 Å². The fourth-order valence-corrected chi connectivity index (χ4v) is 2.67. The molecule has 1 aromatic rings. The van der Waals surface area contributed by atoms with Gasteiger partial charge in [0.2, 0.25) is 0 Å². The van der Waals surface area contributed by atoms with E-state index >= 15 is 0 Å². The maximum Gasteiger partial charge on any atom is 0.324 e. The third-order valence-corrected chi connectivity index (χ3v) is 4.02. The van der Waals surface area contributed by atoms with Gasteiger partial charge in [0.15, 0.2) is 0 Å². The highest BCUT2D eigenvalue weighted by atomic mass is 28.4. The summed E-state index contributed by atoms with van der Waals surface area (Å²) >= 11 is 0. The summed E-state index contributed by atoms with van der Waals surface area (Å²) in [5.41, 5.74) is 0.613. The van der Waals surface area contributed by atoms with E-state index in [1.54, 1.807) is 12.1 Å². The second-order valence-electron chi connectivity index (χ2n) is 4.01. The molecule has 80 valence electrons. The molecule has 0 heterocycles. The van der Waals surface area contributed by atoms with Gasteiger partial charge in [-0.25, -0.2) is 4.79 Å². The Morgan fingerprint density at radius 1 is 1.40 bits per heavy atom. The Labute approximate surface area is 91.7 Å². The molecule has 3 heteroatoms. The summed E-state index contributed by atoms with van der Waals surface area (Å²) in [7, 11) is -1.92. The van der Waals surface area contributed by atoms with E-state index < -0.39 is 8.32 Å². The van der Waals surface area contributed by atoms with Crippen molar-refractivity contribution in [3.8, 4) is 0 Å². The Hall–Kier alpha value is -1.35. The maximum absolute atomic E-state index is 11.7. The lowest BCUT2D eigenvalue weighted by atomic mass is 10.2. The topological polar surface area (TPSA) is 26.3 Å². The van der Waals surface area contributed by atoms with Crippen molar-refractivity contribution >= 4 is 14.3 Å². The molecule has 1 aromatic carbocycles. The lowest BCUT2D eigenvalue weighted by molar-refractivity contribution is 0.0723. The predicted molar refractivity (Wildman–Crippen MR) is 64.3 cm³/mol. The summed E-state index contributed by atoms with van der Waals surface area (Å²) in [6.07, 6.45) is 1.81. The quantitative estimate of drug-likeness (QED) is 0.575. The van der Waals surface area contributed by atoms with Crippen molar-refractivity contribution in [2.75, 3.05) is 0 Å². The fraction of sp³-hybridized carbons (Fsp3) is 0.250. The average molecular weight is 220 g/mol. The maximum atomic E-state index is 11.7. The monoisotopic (exact) mass is 220 g/mol. The van der Waals surface area contributed by atoms with Crippen LogP contribution in [0.1, 0.15) is 10.4 Å². The van der Waals surface area contributed by atoms with E-state index in [4.69, 9.17) is 4.43 Å². The first-order chi connectivity index (χ1) is 7.05. The largest absolute Gasteiger partial charge is 0.516 e. The Balaban J connectivity index is 2.68. The number of hydrogen-bond acceptors (Lipinski definition) is 2. The Morgan fingerprint density at radius 2 is 2.00 bits per heavy atom. The van der Waals surface area contributed by atoms with E-state index in [-0.39, 0.29) is 5.97 Å². The number of carbonyl (C=O) groups excluding carboxylic acids is 1. The summed E-state index contributed by atoms with van der Waals surface area (Å²) in [5, 5.41) is 0. The first-order valence-corrected chi connectivity index (χ1v) is 8.06. The van der Waals surface area contributed by atoms with Crippen LogP contribution in [-0.4, -0.2) is 14.3 Å². The molecular weight excluding hydrogens is 204 g/mol. The van der Waals surface area contributed by atoms with Crippen LogP contribution in [0.3, 0.4) is 0 Å². The number of benzene rings is 1. The molecule has 0 radical (unpaired) electrons. The van der Waals surface area contributed by atoms with Crippen molar-refractivity contribution in [3.63, 3.8) is 0 Å². The zero-order chi connectivity index (χ0) is 11.3. The summed E-state index contributed by atoms with van der Waals surface area (Å²) < 4.78 is 5.49. The molecule has 0 atom stereocenters. The van der Waals surface area contributed by atoms with Gasteiger partial charge in [-0.05, 0) is 31.3 Å². The van der Waals surface area contributed by atoms with Gasteiger partial charge >= 0.3 is 5.97 Å². The van der Waals surface area contributed by atoms with E-state index in [9.17, 15) is 4.79 Å². The van der Waals surface area contributed by atoms with Gasteiger partial charge in [0.05, 0.1) is 5.56 Å². The first kappa shape index (κ1) is 11.7. The van der Waals surface area contributed by atoms with Gasteiger partial charge in [0.25, 0.3) is 8.32 Å². The van der Waals surface area contributed by atoms with Gasteiger partial charge < -0.3 is 4.43 Å². The molecule has 0 amide bonds. The SMILES string of the molecule is C=CC[Si](C)(C)OC(=O)c1ccccc1. The van der Waals surface area contributed by atoms with Gasteiger partial charge in [-0.3, -0.25) is 0 Å². The van der Waals surface area contributed by atoms with Gasteiger partial charge in [-0.15, -0.1) is 6.58 Å². The summed E-state index contributed by atoms with van der Waals surface area (Å²) in [6, 6.07) is 9.85. The Kier molecular flexibility index (Phi) is 3.86. The van der Waals surface area contributed by atoms with Crippen LogP contribution in [-0.2, 0) is 4.43 Å². The lowest BCUT2D eigenvalue weighted by Crippen LogP contribution is -2.32. The third-order valence-electron chi connectivity index (χ3n) is 2.01. The highest BCUT2D eigenvalue weighted by Crippen LogP contribution is 2.14. The summed E-state index contributed by atoms with van der Waals surface area (Å²) in [5.74, 6) is -0.228. The van der Waals surface area contributed by atoms with Gasteiger partial charge in [0, 0.05) is 0 Å². The summed E-state index contributed by atoms with van der Waals surface area (Å²) in [4.78, 5) is 11.7. The molecule has 0 unspecified atom stereocenters. The molecule has 0 aliphatic carbocycles. The Morgan fingerprint density at radius 3 is 2.53 bits per heavy atom. The van der Waals surface area contributed by atoms with Crippen LogP contribution in [0.25, 0.3) is 0 Å². The van der Waals surface area contributed by atoms with Crippen molar-refractivity contribution in [2.24, 2.45) is 0 Å². The third kappa shape index (κ3) is 3.71. The minimum Gasteiger partial charge on any atom is -0.516 e. The van der Waals surface area contributed by atoms with E-state index in [0.29, 0.717) is 5.56 Å². The average Bonchev–Trinajstić information content (AvgIpc) is 2.18. The number of rotatable bonds is 4. The van der Waals surface area contributed by atoms with Crippen molar-refractivity contribution in [2.45, 2.75) is 19.1 Å². The smallest absolute Gasteiger partial charge is 0.324 e. The van der Waals surface area contributed by atoms with Crippen LogP contribution in [0.2, 0.25) is 19.1 Å². The Bertz CT molecular complexity index is 344. The molecule has 0 saturated carbocycles. The van der Waals surface area contributed by atoms with E-state index in [2.05, 4.69) is 6.58 Å². The van der Waals surface area contributed by atoms with Crippen LogP contribution in [0.4, 0.5) is 0 Å². The van der Waals surface area contributed by atoms with Crippen molar-refractivity contribution in [1.29, 1.82) is 0 Å². The molecule has 0 bridgehead atoms. The van der Waals surface area contributed by atoms with Crippen molar-refractivity contribution in [1.82, 2.24) is 0 Å². The second-order valence-corrected chi connectivity index (χ2v) is 8.14. The number of hydrogen-bond donors (Lipinski definition) is 0. The van der Waals surface area contributed by atoms with E-state index in [0.717, 1.165) is 6.04 Å². The molecule has 0 aliphatic heterocycles. The molecule has 0 N–H and O–H groups in total. The van der Waals surface area contributed by atoms with Crippen molar-refractivity contribution < 1.29 is 9.22 Å². The molecular formula is C12H16O2Si. The standard InChI is InChI=1S/C12H16O2Si/c1-4-10-15(2,3)14-12(13)11-8-6-5-7-9-11/h4-9H,1,10H2,2-3H3. The van der Waals surface area contributed by atoms with Crippen LogP contribution >= 0.6 is 0 Å². The summed E-state index contributed by atoms with van der Waals surface area (Å²) in [6.45, 7) is 7.69. The van der Waals surface area contributed by atoms with Crippen LogP contribution < -0.4 is 0 Å². The normalized spacial score (nSPS) is 10.8. The molecule has 2 nitrogen and oxygen atoms in total. The highest BCUT2D eigenvalue weighted by molar-refractivity contribution is 6.73. The number of carbonyl (C=O) groups is 1. The van der Waals surface area contributed by atoms with E-state index in [1.165, 1.54) is 0 Å². The number of allylic oxidation sites excluding steroid dienone is 1. The lowest BCUT2D eigenvalue weighted by Gasteiger charge is -2.20. The molecule has 0 fully saturated rings. The van der Waals surface area contributed by atoms with Gasteiger partial charge in [-0.2, -0.15) is 0 Å². The van der Waals surface area contributed by atoms with Gasteiger partial charge in [0.1, 0.15) is 0 Å². The first-order valence-electron chi connectivity index (χ1n) is 4.94. The van der Waals surface area contributed by atoms with Crippen molar-refractivity contribution in [3.05, 3.63) is 48.6 Å². The molecule has 0 spiro atoms. The molecule has 15 heavy (non-hydrogen) atoms. The van der Waals surface area contributed by atoms with Crippen LogP contribution in [0, 0.1) is 0 Å². The molecule has 0 saturated heterocycles. The molecule has 1 rings (SSSR count). The predicted octanol–water partition coefficient (Wildman–Crippen LogP) is 3.23. The highest BCUT2D eigenvalue weighted by Gasteiger charge is 2.25. The minimum atomic E-state index is -1.92. The van der Waals surface area contributed by atoms with Gasteiger partial charge in [-0.1, -0.05) is 24.3 Å². The van der Waals surface area contributed by atoms with Crippen LogP contribution in [0.5, 0.6) is 0 Å². The molecule has 0 aliphatic rings. The zero-order valence-electron chi connectivity index (χ0n) is 9.19. The minimum absolute atomic E-state index is 0.228. The molecule has 0 aromatic heterocycles. The second kappa shape index (κ2) is 4.93. The van der Waals surface area contributed by atoms with E-state index in [1.807, 2.05) is 37.4 Å². The fourth-order valence-electron chi connectivity index (χ4n) is 1.27. The zero-order valence-corrected chi connectivity index (χ0v) is 10.2.